The van der Waals surface area contributed by atoms with E-state index >= 15 is 0 Å². The molecule has 1 aliphatic heterocycles. The van der Waals surface area contributed by atoms with Crippen LogP contribution in [0.15, 0.2) is 18.3 Å². The van der Waals surface area contributed by atoms with E-state index < -0.39 is 0 Å². The van der Waals surface area contributed by atoms with Crippen LogP contribution in [0.1, 0.15) is 37.7 Å². The first-order valence-electron chi connectivity index (χ1n) is 7.02. The van der Waals surface area contributed by atoms with Crippen LogP contribution in [0.25, 0.3) is 0 Å². The van der Waals surface area contributed by atoms with Gasteiger partial charge in [0, 0.05) is 18.8 Å². The smallest absolute Gasteiger partial charge is 0.140 e. The summed E-state index contributed by atoms with van der Waals surface area (Å²) < 4.78 is 0. The molecule has 1 saturated heterocycles. The number of hydrogen-bond donors (Lipinski definition) is 2. The largest absolute Gasteiger partial charge is 0.308 e. The number of hydrogen-bond acceptors (Lipinski definition) is 4. The minimum atomic E-state index is 0.757. The number of nitrogen functional groups attached to an aromatic ring is 1. The molecule has 2 heterocycles. The van der Waals surface area contributed by atoms with Gasteiger partial charge in [0.15, 0.2) is 0 Å². The summed E-state index contributed by atoms with van der Waals surface area (Å²) in [5.74, 6) is 7.12. The fourth-order valence-electron chi connectivity index (χ4n) is 3.64. The number of hydrazine groups is 1. The van der Waals surface area contributed by atoms with Crippen LogP contribution < -0.4 is 11.3 Å². The molecule has 1 aliphatic carbocycles. The van der Waals surface area contributed by atoms with Gasteiger partial charge in [0.2, 0.25) is 0 Å². The van der Waals surface area contributed by atoms with Crippen LogP contribution in [0.4, 0.5) is 5.82 Å². The second-order valence-corrected chi connectivity index (χ2v) is 5.56. The summed E-state index contributed by atoms with van der Waals surface area (Å²) in [5.41, 5.74) is 3.93. The monoisotopic (exact) mass is 246 g/mol. The molecule has 1 aromatic rings. The first-order valence-corrected chi connectivity index (χ1v) is 7.02. The van der Waals surface area contributed by atoms with Crippen molar-refractivity contribution in [1.82, 2.24) is 9.88 Å². The highest BCUT2D eigenvalue weighted by Gasteiger charge is 2.34. The molecule has 0 spiro atoms. The maximum atomic E-state index is 5.41. The summed E-state index contributed by atoms with van der Waals surface area (Å²) in [5, 5.41) is 0. The fourth-order valence-corrected chi connectivity index (χ4v) is 3.64. The Bertz CT molecular complexity index is 407. The maximum Gasteiger partial charge on any atom is 0.140 e. The van der Waals surface area contributed by atoms with Gasteiger partial charge in [0.05, 0.1) is 0 Å². The molecule has 1 aromatic heterocycles. The number of aromatic nitrogens is 1. The highest BCUT2D eigenvalue weighted by Crippen LogP contribution is 2.37. The summed E-state index contributed by atoms with van der Waals surface area (Å²) in [6.45, 7) is 2.28. The van der Waals surface area contributed by atoms with Gasteiger partial charge in [0.1, 0.15) is 5.82 Å². The van der Waals surface area contributed by atoms with Crippen molar-refractivity contribution in [3.05, 3.63) is 23.9 Å². The normalized spacial score (nSPS) is 28.1. The minimum Gasteiger partial charge on any atom is -0.308 e. The zero-order valence-corrected chi connectivity index (χ0v) is 10.8. The number of anilines is 1. The van der Waals surface area contributed by atoms with E-state index in [1.165, 1.54) is 44.2 Å². The van der Waals surface area contributed by atoms with E-state index in [2.05, 4.69) is 27.4 Å². The zero-order chi connectivity index (χ0) is 12.4. The van der Waals surface area contributed by atoms with Gasteiger partial charge in [0.25, 0.3) is 0 Å². The molecule has 18 heavy (non-hydrogen) atoms. The van der Waals surface area contributed by atoms with Gasteiger partial charge in [-0.15, -0.1) is 0 Å². The molecule has 1 saturated carbocycles. The molecule has 2 unspecified atom stereocenters. The van der Waals surface area contributed by atoms with Crippen molar-refractivity contribution in [2.45, 2.75) is 44.7 Å². The standard InChI is InChI=1S/C14H22N4/c15-17-14-9-11(6-7-16-14)10-18-8-2-4-12-3-1-5-13(12)18/h6-7,9,12-13H,1-5,8,10,15H2,(H,16,17). The van der Waals surface area contributed by atoms with Crippen LogP contribution in [0.5, 0.6) is 0 Å². The molecule has 4 heteroatoms. The van der Waals surface area contributed by atoms with Crippen LogP contribution >= 0.6 is 0 Å². The Kier molecular flexibility index (Phi) is 3.48. The Balaban J connectivity index is 1.70. The van der Waals surface area contributed by atoms with Crippen molar-refractivity contribution < 1.29 is 0 Å². The van der Waals surface area contributed by atoms with Crippen LogP contribution in [0.2, 0.25) is 0 Å². The second kappa shape index (κ2) is 5.24. The molecule has 0 radical (unpaired) electrons. The van der Waals surface area contributed by atoms with Gasteiger partial charge in [-0.25, -0.2) is 10.8 Å². The van der Waals surface area contributed by atoms with Crippen molar-refractivity contribution in [3.8, 4) is 0 Å². The SMILES string of the molecule is NNc1cc(CN2CCCC3CCCC32)ccn1. The number of pyridine rings is 1. The predicted octanol–water partition coefficient (Wildman–Crippen LogP) is 2.13. The first kappa shape index (κ1) is 11.9. The van der Waals surface area contributed by atoms with E-state index in [0.717, 1.165) is 24.3 Å². The number of nitrogens with one attached hydrogen (secondary N) is 1. The van der Waals surface area contributed by atoms with Crippen molar-refractivity contribution in [1.29, 1.82) is 0 Å². The number of fused-ring (bicyclic) bond motifs is 1. The van der Waals surface area contributed by atoms with Crippen molar-refractivity contribution >= 4 is 5.82 Å². The van der Waals surface area contributed by atoms with Gasteiger partial charge in [-0.05, 0) is 55.8 Å². The molecule has 0 aromatic carbocycles. The molecule has 0 amide bonds. The Morgan fingerprint density at radius 1 is 1.33 bits per heavy atom. The average Bonchev–Trinajstić information content (AvgIpc) is 2.88. The lowest BCUT2D eigenvalue weighted by Gasteiger charge is -2.37. The summed E-state index contributed by atoms with van der Waals surface area (Å²) in [7, 11) is 0. The molecule has 2 aliphatic rings. The molecule has 3 rings (SSSR count). The van der Waals surface area contributed by atoms with Gasteiger partial charge >= 0.3 is 0 Å². The molecule has 98 valence electrons. The van der Waals surface area contributed by atoms with E-state index in [1.807, 2.05) is 6.20 Å². The lowest BCUT2D eigenvalue weighted by Crippen LogP contribution is -2.41. The van der Waals surface area contributed by atoms with E-state index in [4.69, 9.17) is 5.84 Å². The second-order valence-electron chi connectivity index (χ2n) is 5.56. The lowest BCUT2D eigenvalue weighted by atomic mass is 9.91. The average molecular weight is 246 g/mol. The minimum absolute atomic E-state index is 0.757. The van der Waals surface area contributed by atoms with Gasteiger partial charge in [-0.3, -0.25) is 4.90 Å². The van der Waals surface area contributed by atoms with Crippen molar-refractivity contribution in [2.75, 3.05) is 12.0 Å². The van der Waals surface area contributed by atoms with Gasteiger partial charge in [-0.1, -0.05) is 6.42 Å². The van der Waals surface area contributed by atoms with E-state index in [-0.39, 0.29) is 0 Å². The highest BCUT2D eigenvalue weighted by molar-refractivity contribution is 5.35. The van der Waals surface area contributed by atoms with E-state index in [9.17, 15) is 0 Å². The van der Waals surface area contributed by atoms with E-state index in [0.29, 0.717) is 0 Å². The van der Waals surface area contributed by atoms with E-state index in [1.54, 1.807) is 0 Å². The Morgan fingerprint density at radius 2 is 2.22 bits per heavy atom. The molecular formula is C14H22N4. The molecule has 3 N–H and O–H groups in total. The Morgan fingerprint density at radius 3 is 3.11 bits per heavy atom. The van der Waals surface area contributed by atoms with Crippen molar-refractivity contribution in [3.63, 3.8) is 0 Å². The number of rotatable bonds is 3. The Hall–Kier alpha value is -1.13. The summed E-state index contributed by atoms with van der Waals surface area (Å²) in [4.78, 5) is 6.83. The zero-order valence-electron chi connectivity index (χ0n) is 10.8. The fraction of sp³-hybridized carbons (Fsp3) is 0.643. The first-order chi connectivity index (χ1) is 8.86. The lowest BCUT2D eigenvalue weighted by molar-refractivity contribution is 0.106. The predicted molar refractivity (Wildman–Crippen MR) is 72.8 cm³/mol. The third kappa shape index (κ3) is 2.35. The van der Waals surface area contributed by atoms with Gasteiger partial charge < -0.3 is 5.43 Å². The molecule has 4 nitrogen and oxygen atoms in total. The number of likely N-dealkylation sites (tertiary alicyclic amines) is 1. The van der Waals surface area contributed by atoms with Crippen LogP contribution in [-0.4, -0.2) is 22.5 Å². The van der Waals surface area contributed by atoms with Crippen LogP contribution in [0, 0.1) is 5.92 Å². The molecule has 2 atom stereocenters. The number of nitrogens with two attached hydrogens (primary N) is 1. The number of nitrogens with zero attached hydrogens (tertiary/aromatic N) is 2. The molecule has 2 fully saturated rings. The van der Waals surface area contributed by atoms with Crippen LogP contribution in [0.3, 0.4) is 0 Å². The quantitative estimate of drug-likeness (QED) is 0.633. The van der Waals surface area contributed by atoms with Crippen LogP contribution in [-0.2, 0) is 6.54 Å². The summed E-state index contributed by atoms with van der Waals surface area (Å²) in [6.07, 6.45) is 8.87. The third-order valence-electron chi connectivity index (χ3n) is 4.47. The third-order valence-corrected chi connectivity index (χ3v) is 4.47. The summed E-state index contributed by atoms with van der Waals surface area (Å²) in [6, 6.07) is 4.97. The maximum absolute atomic E-state index is 5.41. The summed E-state index contributed by atoms with van der Waals surface area (Å²) >= 11 is 0. The molecular weight excluding hydrogens is 224 g/mol. The molecule has 0 bridgehead atoms. The van der Waals surface area contributed by atoms with Crippen molar-refractivity contribution in [2.24, 2.45) is 11.8 Å². The number of piperidine rings is 1. The Labute approximate surface area is 109 Å². The topological polar surface area (TPSA) is 54.2 Å². The van der Waals surface area contributed by atoms with Gasteiger partial charge in [-0.2, -0.15) is 0 Å². The highest BCUT2D eigenvalue weighted by atomic mass is 15.2.